The number of H-pyrrole nitrogens is 1. The number of aromatic amines is 1. The molecule has 17 heavy (non-hydrogen) atoms. The monoisotopic (exact) mass is 297 g/mol. The van der Waals surface area contributed by atoms with E-state index in [0.717, 1.165) is 17.0 Å². The number of hydrogen-bond acceptors (Lipinski definition) is 2. The Hall–Kier alpha value is -1.20. The lowest BCUT2D eigenvalue weighted by atomic mass is 10.1. The third-order valence-electron chi connectivity index (χ3n) is 2.53. The highest BCUT2D eigenvalue weighted by atomic mass is 79.9. The minimum atomic E-state index is -0.196. The predicted molar refractivity (Wildman–Crippen MR) is 69.2 cm³/mol. The van der Waals surface area contributed by atoms with Crippen LogP contribution < -0.4 is 5.32 Å². The Labute approximate surface area is 108 Å². The van der Waals surface area contributed by atoms with E-state index in [2.05, 4.69) is 31.2 Å². The Balaban J connectivity index is 2.47. The lowest BCUT2D eigenvalue weighted by molar-refractivity contribution is 0.618. The standard InChI is InChI=1S/C12H13BrFN3/c1-7-5-8(3-4-9(7)14)11-10(6-15-2)16-12(13)17-11/h3-5,15H,6H2,1-2H3,(H,16,17). The van der Waals surface area contributed by atoms with Gasteiger partial charge in [0.1, 0.15) is 5.82 Å². The van der Waals surface area contributed by atoms with E-state index < -0.39 is 0 Å². The average Bonchev–Trinajstić information content (AvgIpc) is 2.64. The third-order valence-corrected chi connectivity index (χ3v) is 2.91. The zero-order valence-electron chi connectivity index (χ0n) is 9.64. The summed E-state index contributed by atoms with van der Waals surface area (Å²) in [5.41, 5.74) is 3.35. The van der Waals surface area contributed by atoms with Crippen molar-refractivity contribution in [2.24, 2.45) is 0 Å². The lowest BCUT2D eigenvalue weighted by Gasteiger charge is -2.04. The van der Waals surface area contributed by atoms with Crippen molar-refractivity contribution >= 4 is 15.9 Å². The molecular formula is C12H13BrFN3. The highest BCUT2D eigenvalue weighted by Crippen LogP contribution is 2.25. The largest absolute Gasteiger partial charge is 0.335 e. The van der Waals surface area contributed by atoms with Crippen molar-refractivity contribution in [3.8, 4) is 11.3 Å². The van der Waals surface area contributed by atoms with Gasteiger partial charge < -0.3 is 10.3 Å². The average molecular weight is 298 g/mol. The predicted octanol–water partition coefficient (Wildman–Crippen LogP) is 3.01. The number of imidazole rings is 1. The molecule has 2 N–H and O–H groups in total. The molecule has 0 spiro atoms. The molecule has 1 aromatic heterocycles. The summed E-state index contributed by atoms with van der Waals surface area (Å²) in [7, 11) is 1.87. The van der Waals surface area contributed by atoms with Gasteiger partial charge in [0.05, 0.1) is 11.4 Å². The van der Waals surface area contributed by atoms with E-state index in [1.165, 1.54) is 6.07 Å². The molecule has 0 aliphatic carbocycles. The Bertz CT molecular complexity index is 537. The maximum Gasteiger partial charge on any atom is 0.175 e. The molecule has 90 valence electrons. The van der Waals surface area contributed by atoms with Gasteiger partial charge in [-0.3, -0.25) is 0 Å². The first-order valence-electron chi connectivity index (χ1n) is 5.27. The molecule has 0 aliphatic heterocycles. The van der Waals surface area contributed by atoms with Crippen molar-refractivity contribution in [3.63, 3.8) is 0 Å². The van der Waals surface area contributed by atoms with Crippen LogP contribution in [0.15, 0.2) is 22.9 Å². The number of benzene rings is 1. The number of nitrogens with one attached hydrogen (secondary N) is 2. The van der Waals surface area contributed by atoms with Crippen LogP contribution in [-0.4, -0.2) is 17.0 Å². The minimum Gasteiger partial charge on any atom is -0.335 e. The smallest absolute Gasteiger partial charge is 0.175 e. The van der Waals surface area contributed by atoms with Crippen LogP contribution in [0.3, 0.4) is 0 Å². The molecule has 1 aromatic carbocycles. The zero-order valence-corrected chi connectivity index (χ0v) is 11.2. The minimum absolute atomic E-state index is 0.196. The molecule has 0 radical (unpaired) electrons. The van der Waals surface area contributed by atoms with Crippen LogP contribution in [0.4, 0.5) is 4.39 Å². The quantitative estimate of drug-likeness (QED) is 0.914. The van der Waals surface area contributed by atoms with Crippen LogP contribution in [0, 0.1) is 12.7 Å². The fourth-order valence-electron chi connectivity index (χ4n) is 1.71. The molecule has 0 saturated carbocycles. The van der Waals surface area contributed by atoms with Crippen LogP contribution in [0.25, 0.3) is 11.3 Å². The first-order valence-corrected chi connectivity index (χ1v) is 6.06. The molecule has 0 atom stereocenters. The summed E-state index contributed by atoms with van der Waals surface area (Å²) in [6.45, 7) is 2.43. The van der Waals surface area contributed by atoms with Gasteiger partial charge in [-0.25, -0.2) is 9.37 Å². The van der Waals surface area contributed by atoms with Gasteiger partial charge in [-0.05, 0) is 53.7 Å². The highest BCUT2D eigenvalue weighted by Gasteiger charge is 2.11. The first kappa shape index (κ1) is 12.3. The normalized spacial score (nSPS) is 10.8. The third kappa shape index (κ3) is 2.56. The van der Waals surface area contributed by atoms with Crippen LogP contribution in [-0.2, 0) is 6.54 Å². The number of aryl methyl sites for hydroxylation is 1. The Kier molecular flexibility index (Phi) is 3.59. The van der Waals surface area contributed by atoms with Crippen molar-refractivity contribution in [1.29, 1.82) is 0 Å². The van der Waals surface area contributed by atoms with Crippen LogP contribution >= 0.6 is 15.9 Å². The van der Waals surface area contributed by atoms with E-state index in [4.69, 9.17) is 0 Å². The molecule has 0 bridgehead atoms. The second-order valence-corrected chi connectivity index (χ2v) is 4.60. The number of nitrogens with zero attached hydrogens (tertiary/aromatic N) is 1. The SMILES string of the molecule is CNCc1[nH]c(Br)nc1-c1ccc(F)c(C)c1. The molecule has 0 fully saturated rings. The summed E-state index contributed by atoms with van der Waals surface area (Å²) in [6, 6.07) is 5.01. The van der Waals surface area contributed by atoms with E-state index >= 15 is 0 Å². The topological polar surface area (TPSA) is 40.7 Å². The molecule has 2 rings (SSSR count). The lowest BCUT2D eigenvalue weighted by Crippen LogP contribution is -2.06. The van der Waals surface area contributed by atoms with Gasteiger partial charge in [0.25, 0.3) is 0 Å². The van der Waals surface area contributed by atoms with Crippen molar-refractivity contribution < 1.29 is 4.39 Å². The Morgan fingerprint density at radius 3 is 2.88 bits per heavy atom. The summed E-state index contributed by atoms with van der Waals surface area (Å²) < 4.78 is 13.9. The molecule has 0 saturated heterocycles. The van der Waals surface area contributed by atoms with E-state index in [1.807, 2.05) is 7.05 Å². The summed E-state index contributed by atoms with van der Waals surface area (Å²) >= 11 is 3.31. The fraction of sp³-hybridized carbons (Fsp3) is 0.250. The molecule has 3 nitrogen and oxygen atoms in total. The maximum absolute atomic E-state index is 13.2. The number of halogens is 2. The Morgan fingerprint density at radius 1 is 1.47 bits per heavy atom. The molecule has 1 heterocycles. The number of aromatic nitrogens is 2. The van der Waals surface area contributed by atoms with E-state index in [-0.39, 0.29) is 5.82 Å². The summed E-state index contributed by atoms with van der Waals surface area (Å²) in [4.78, 5) is 7.50. The molecule has 0 aliphatic rings. The van der Waals surface area contributed by atoms with Gasteiger partial charge in [-0.15, -0.1) is 0 Å². The van der Waals surface area contributed by atoms with Gasteiger partial charge >= 0.3 is 0 Å². The number of rotatable bonds is 3. The summed E-state index contributed by atoms with van der Waals surface area (Å²) in [6.07, 6.45) is 0. The van der Waals surface area contributed by atoms with Crippen molar-refractivity contribution in [1.82, 2.24) is 15.3 Å². The Morgan fingerprint density at radius 2 is 2.24 bits per heavy atom. The fourth-order valence-corrected chi connectivity index (χ4v) is 2.13. The van der Waals surface area contributed by atoms with Crippen LogP contribution in [0.5, 0.6) is 0 Å². The molecule has 2 aromatic rings. The van der Waals surface area contributed by atoms with Gasteiger partial charge in [-0.1, -0.05) is 0 Å². The maximum atomic E-state index is 13.2. The van der Waals surface area contributed by atoms with Crippen molar-refractivity contribution in [2.75, 3.05) is 7.05 Å². The molecule has 0 amide bonds. The van der Waals surface area contributed by atoms with E-state index in [9.17, 15) is 4.39 Å². The van der Waals surface area contributed by atoms with Gasteiger partial charge in [-0.2, -0.15) is 0 Å². The van der Waals surface area contributed by atoms with Crippen molar-refractivity contribution in [2.45, 2.75) is 13.5 Å². The second kappa shape index (κ2) is 4.98. The van der Waals surface area contributed by atoms with Crippen molar-refractivity contribution in [3.05, 3.63) is 40.0 Å². The summed E-state index contributed by atoms with van der Waals surface area (Å²) in [5.74, 6) is -0.196. The van der Waals surface area contributed by atoms with Crippen LogP contribution in [0.1, 0.15) is 11.3 Å². The molecular weight excluding hydrogens is 285 g/mol. The molecule has 5 heteroatoms. The van der Waals surface area contributed by atoms with Gasteiger partial charge in [0, 0.05) is 12.1 Å². The van der Waals surface area contributed by atoms with Crippen LogP contribution in [0.2, 0.25) is 0 Å². The molecule has 0 unspecified atom stereocenters. The number of hydrogen-bond donors (Lipinski definition) is 2. The van der Waals surface area contributed by atoms with Gasteiger partial charge in [0.2, 0.25) is 0 Å². The summed E-state index contributed by atoms with van der Waals surface area (Å²) in [5, 5.41) is 3.07. The van der Waals surface area contributed by atoms with Gasteiger partial charge in [0.15, 0.2) is 4.73 Å². The van der Waals surface area contributed by atoms with E-state index in [0.29, 0.717) is 16.8 Å². The first-order chi connectivity index (χ1) is 8.11. The second-order valence-electron chi connectivity index (χ2n) is 3.85. The highest BCUT2D eigenvalue weighted by molar-refractivity contribution is 9.10. The zero-order chi connectivity index (χ0) is 12.4. The van der Waals surface area contributed by atoms with E-state index in [1.54, 1.807) is 19.1 Å².